The van der Waals surface area contributed by atoms with E-state index in [1.54, 1.807) is 17.2 Å². The summed E-state index contributed by atoms with van der Waals surface area (Å²) in [6.07, 6.45) is 3.97. The number of benzene rings is 1. The Balaban J connectivity index is 1.67. The molecule has 21 heavy (non-hydrogen) atoms. The van der Waals surface area contributed by atoms with Crippen molar-refractivity contribution in [2.75, 3.05) is 0 Å². The Bertz CT molecular complexity index is 739. The van der Waals surface area contributed by atoms with Gasteiger partial charge in [-0.15, -0.1) is 0 Å². The lowest BCUT2D eigenvalue weighted by Gasteiger charge is -2.23. The van der Waals surface area contributed by atoms with E-state index in [4.69, 9.17) is 0 Å². The van der Waals surface area contributed by atoms with Crippen molar-refractivity contribution in [3.63, 3.8) is 0 Å². The highest BCUT2D eigenvalue weighted by Crippen LogP contribution is 2.42. The van der Waals surface area contributed by atoms with Gasteiger partial charge < -0.3 is 10.0 Å². The zero-order valence-corrected chi connectivity index (χ0v) is 11.3. The molecule has 0 aliphatic carbocycles. The van der Waals surface area contributed by atoms with Gasteiger partial charge in [-0.1, -0.05) is 0 Å². The molecule has 2 aliphatic heterocycles. The Morgan fingerprint density at radius 2 is 2.19 bits per heavy atom. The number of carboxylic acids is 1. The molecule has 1 aromatic heterocycles. The summed E-state index contributed by atoms with van der Waals surface area (Å²) in [7, 11) is 0. The number of hydrogen-bond donors (Lipinski definition) is 2. The lowest BCUT2D eigenvalue weighted by Crippen LogP contribution is -2.37. The first-order valence-corrected chi connectivity index (χ1v) is 7.14. The minimum atomic E-state index is -0.787. The van der Waals surface area contributed by atoms with Crippen LogP contribution < -0.4 is 0 Å². The molecule has 2 N–H and O–H groups in total. The number of H-pyrrole nitrogens is 1. The van der Waals surface area contributed by atoms with Crippen molar-refractivity contribution in [1.82, 2.24) is 15.1 Å². The second-order valence-electron chi connectivity index (χ2n) is 5.86. The van der Waals surface area contributed by atoms with Crippen LogP contribution in [0.3, 0.4) is 0 Å². The number of aromatic amines is 1. The van der Waals surface area contributed by atoms with Crippen molar-refractivity contribution >= 4 is 22.8 Å². The summed E-state index contributed by atoms with van der Waals surface area (Å²) < 4.78 is 0. The van der Waals surface area contributed by atoms with Crippen LogP contribution in [0.1, 0.15) is 29.6 Å². The van der Waals surface area contributed by atoms with E-state index in [1.807, 2.05) is 12.1 Å². The highest BCUT2D eigenvalue weighted by molar-refractivity contribution is 5.99. The third-order valence-corrected chi connectivity index (χ3v) is 4.78. The van der Waals surface area contributed by atoms with Crippen molar-refractivity contribution in [3.8, 4) is 0 Å². The van der Waals surface area contributed by atoms with Crippen molar-refractivity contribution < 1.29 is 14.7 Å². The highest BCUT2D eigenvalue weighted by atomic mass is 16.4. The summed E-state index contributed by atoms with van der Waals surface area (Å²) in [5.41, 5.74) is 1.49. The predicted octanol–water partition coefficient (Wildman–Crippen LogP) is 1.64. The molecule has 0 spiro atoms. The molecule has 1 aromatic carbocycles. The fourth-order valence-electron chi connectivity index (χ4n) is 3.80. The maximum atomic E-state index is 12.7. The van der Waals surface area contributed by atoms with Crippen LogP contribution in [-0.4, -0.2) is 44.2 Å². The van der Waals surface area contributed by atoms with Crippen LogP contribution in [0.15, 0.2) is 24.4 Å². The van der Waals surface area contributed by atoms with E-state index in [1.165, 1.54) is 0 Å². The molecule has 3 atom stereocenters. The summed E-state index contributed by atoms with van der Waals surface area (Å²) >= 11 is 0. The second-order valence-corrected chi connectivity index (χ2v) is 5.86. The van der Waals surface area contributed by atoms with E-state index in [0.717, 1.165) is 23.7 Å². The van der Waals surface area contributed by atoms with Gasteiger partial charge in [0.05, 0.1) is 17.6 Å². The summed E-state index contributed by atoms with van der Waals surface area (Å²) in [4.78, 5) is 25.8. The summed E-state index contributed by atoms with van der Waals surface area (Å²) in [6.45, 7) is 0. The third-order valence-electron chi connectivity index (χ3n) is 4.78. The normalized spacial score (nSPS) is 27.4. The van der Waals surface area contributed by atoms with Gasteiger partial charge in [0.15, 0.2) is 0 Å². The topological polar surface area (TPSA) is 86.3 Å². The molecule has 1 amide bonds. The average Bonchev–Trinajstić information content (AvgIpc) is 3.19. The minimum Gasteiger partial charge on any atom is -0.481 e. The lowest BCUT2D eigenvalue weighted by atomic mass is 9.89. The SMILES string of the molecule is O=C(O)C1CC2CCC1N2C(=O)c1ccc2[nH]ncc2c1. The molecule has 4 rings (SSSR count). The summed E-state index contributed by atoms with van der Waals surface area (Å²) in [5.74, 6) is -1.26. The molecule has 6 nitrogen and oxygen atoms in total. The zero-order valence-electron chi connectivity index (χ0n) is 11.3. The van der Waals surface area contributed by atoms with Crippen LogP contribution >= 0.6 is 0 Å². The molecule has 2 saturated heterocycles. The quantitative estimate of drug-likeness (QED) is 0.878. The monoisotopic (exact) mass is 285 g/mol. The maximum Gasteiger partial charge on any atom is 0.308 e. The van der Waals surface area contributed by atoms with Crippen molar-refractivity contribution in [3.05, 3.63) is 30.0 Å². The second kappa shape index (κ2) is 4.31. The summed E-state index contributed by atoms with van der Waals surface area (Å²) in [6, 6.07) is 5.34. The smallest absolute Gasteiger partial charge is 0.308 e. The van der Waals surface area contributed by atoms with Gasteiger partial charge in [-0.3, -0.25) is 14.7 Å². The molecule has 3 heterocycles. The van der Waals surface area contributed by atoms with Crippen molar-refractivity contribution in [2.45, 2.75) is 31.3 Å². The molecule has 2 bridgehead atoms. The fraction of sp³-hybridized carbons (Fsp3) is 0.400. The number of fused-ring (bicyclic) bond motifs is 3. The number of aliphatic carboxylic acids is 1. The van der Waals surface area contributed by atoms with E-state index in [2.05, 4.69) is 10.2 Å². The van der Waals surface area contributed by atoms with E-state index in [0.29, 0.717) is 12.0 Å². The van der Waals surface area contributed by atoms with Gasteiger partial charge in [0.25, 0.3) is 5.91 Å². The molecule has 108 valence electrons. The third kappa shape index (κ3) is 1.75. The van der Waals surface area contributed by atoms with Crippen LogP contribution in [0.5, 0.6) is 0 Å². The molecule has 2 aliphatic rings. The Morgan fingerprint density at radius 1 is 1.33 bits per heavy atom. The van der Waals surface area contributed by atoms with Gasteiger partial charge in [-0.05, 0) is 37.5 Å². The molecule has 6 heteroatoms. The first kappa shape index (κ1) is 12.4. The number of carbonyl (C=O) groups excluding carboxylic acids is 1. The van der Waals surface area contributed by atoms with Crippen molar-refractivity contribution in [2.24, 2.45) is 5.92 Å². The van der Waals surface area contributed by atoms with E-state index in [9.17, 15) is 14.7 Å². The molecule has 0 radical (unpaired) electrons. The van der Waals surface area contributed by atoms with Gasteiger partial charge in [0, 0.05) is 23.0 Å². The number of carboxylic acid groups (broad SMARTS) is 1. The van der Waals surface area contributed by atoms with Crippen LogP contribution in [0.2, 0.25) is 0 Å². The molecule has 2 aromatic rings. The van der Waals surface area contributed by atoms with Crippen LogP contribution in [0.25, 0.3) is 10.9 Å². The van der Waals surface area contributed by atoms with Gasteiger partial charge >= 0.3 is 5.97 Å². The minimum absolute atomic E-state index is 0.0608. The number of carbonyl (C=O) groups is 2. The van der Waals surface area contributed by atoms with Gasteiger partial charge in [0.1, 0.15) is 0 Å². The van der Waals surface area contributed by atoms with Gasteiger partial charge in [-0.25, -0.2) is 0 Å². The van der Waals surface area contributed by atoms with Crippen LogP contribution in [-0.2, 0) is 4.79 Å². The Hall–Kier alpha value is -2.37. The molecule has 0 saturated carbocycles. The van der Waals surface area contributed by atoms with Crippen LogP contribution in [0.4, 0.5) is 0 Å². The standard InChI is InChI=1S/C15H15N3O3/c19-14(8-1-3-12-9(5-8)7-16-17-12)18-10-2-4-13(18)11(6-10)15(20)21/h1,3,5,7,10-11,13H,2,4,6H2,(H,16,17)(H,20,21). The predicted molar refractivity (Wildman–Crippen MR) is 74.8 cm³/mol. The van der Waals surface area contributed by atoms with Crippen LogP contribution in [0, 0.1) is 5.92 Å². The van der Waals surface area contributed by atoms with Gasteiger partial charge in [-0.2, -0.15) is 5.10 Å². The van der Waals surface area contributed by atoms with E-state index >= 15 is 0 Å². The maximum absolute atomic E-state index is 12.7. The van der Waals surface area contributed by atoms with E-state index in [-0.39, 0.29) is 18.0 Å². The van der Waals surface area contributed by atoms with Gasteiger partial charge in [0.2, 0.25) is 0 Å². The highest BCUT2D eigenvalue weighted by Gasteiger charge is 2.51. The Kier molecular flexibility index (Phi) is 2.54. The first-order valence-electron chi connectivity index (χ1n) is 7.14. The van der Waals surface area contributed by atoms with Crippen molar-refractivity contribution in [1.29, 1.82) is 0 Å². The van der Waals surface area contributed by atoms with E-state index < -0.39 is 11.9 Å². The zero-order chi connectivity index (χ0) is 14.6. The Morgan fingerprint density at radius 3 is 2.95 bits per heavy atom. The number of nitrogens with one attached hydrogen (secondary N) is 1. The molecule has 3 unspecified atom stereocenters. The number of aromatic nitrogens is 2. The average molecular weight is 285 g/mol. The largest absolute Gasteiger partial charge is 0.481 e. The number of rotatable bonds is 2. The first-order chi connectivity index (χ1) is 10.1. The molecule has 2 fully saturated rings. The Labute approximate surface area is 120 Å². The summed E-state index contributed by atoms with van der Waals surface area (Å²) in [5, 5.41) is 17.0. The number of nitrogens with zero attached hydrogens (tertiary/aromatic N) is 2. The number of amides is 1. The number of hydrogen-bond acceptors (Lipinski definition) is 3. The lowest BCUT2D eigenvalue weighted by molar-refractivity contribution is -0.142. The fourth-order valence-corrected chi connectivity index (χ4v) is 3.80. The molecular formula is C15H15N3O3. The molecular weight excluding hydrogens is 270 g/mol.